The van der Waals surface area contributed by atoms with Crippen molar-refractivity contribution in [1.29, 1.82) is 0 Å². The van der Waals surface area contributed by atoms with E-state index in [1.54, 1.807) is 7.05 Å². The van der Waals surface area contributed by atoms with Crippen LogP contribution in [0.25, 0.3) is 10.9 Å². The number of benzene rings is 1. The first-order chi connectivity index (χ1) is 8.10. The van der Waals surface area contributed by atoms with Crippen LogP contribution in [0.1, 0.15) is 28.5 Å². The minimum Gasteiger partial charge on any atom is -0.354 e. The molecule has 2 aromatic rings. The van der Waals surface area contributed by atoms with Gasteiger partial charge in [-0.25, -0.2) is 0 Å². The largest absolute Gasteiger partial charge is 0.354 e. The molecule has 0 saturated heterocycles. The van der Waals surface area contributed by atoms with Crippen LogP contribution >= 0.6 is 0 Å². The maximum absolute atomic E-state index is 11.8. The zero-order valence-corrected chi connectivity index (χ0v) is 10.8. The van der Waals surface area contributed by atoms with Gasteiger partial charge >= 0.3 is 0 Å². The van der Waals surface area contributed by atoms with E-state index in [9.17, 15) is 4.79 Å². The first-order valence-corrected chi connectivity index (χ1v) is 5.90. The van der Waals surface area contributed by atoms with Crippen LogP contribution in [0.3, 0.4) is 0 Å². The summed E-state index contributed by atoms with van der Waals surface area (Å²) in [6.45, 7) is 4.21. The molecule has 3 nitrogen and oxygen atoms in total. The van der Waals surface area contributed by atoms with Gasteiger partial charge in [0.15, 0.2) is 0 Å². The van der Waals surface area contributed by atoms with Crippen LogP contribution in [0.5, 0.6) is 0 Å². The van der Waals surface area contributed by atoms with Crippen molar-refractivity contribution in [3.63, 3.8) is 0 Å². The molecule has 1 aromatic carbocycles. The molecule has 0 bridgehead atoms. The molecular weight excluding hydrogens is 212 g/mol. The third kappa shape index (κ3) is 1.71. The van der Waals surface area contributed by atoms with Crippen LogP contribution in [-0.4, -0.2) is 17.5 Å². The molecule has 0 aliphatic carbocycles. The van der Waals surface area contributed by atoms with Gasteiger partial charge in [-0.1, -0.05) is 19.1 Å². The fourth-order valence-electron chi connectivity index (χ4n) is 2.37. The molecule has 0 aliphatic rings. The molecule has 0 spiro atoms. The van der Waals surface area contributed by atoms with Crippen molar-refractivity contribution in [3.8, 4) is 0 Å². The Morgan fingerprint density at radius 2 is 2.12 bits per heavy atom. The molecule has 0 fully saturated rings. The van der Waals surface area contributed by atoms with Gasteiger partial charge in [0.05, 0.1) is 5.52 Å². The molecule has 1 heterocycles. The molecule has 17 heavy (non-hydrogen) atoms. The second-order valence-corrected chi connectivity index (χ2v) is 4.33. The number of carbonyl (C=O) groups is 1. The van der Waals surface area contributed by atoms with Crippen molar-refractivity contribution in [2.75, 3.05) is 7.05 Å². The first-order valence-electron chi connectivity index (χ1n) is 5.90. The highest BCUT2D eigenvalue weighted by Gasteiger charge is 2.14. The number of hydrogen-bond donors (Lipinski definition) is 1. The normalized spacial score (nSPS) is 10.8. The number of carbonyl (C=O) groups excluding carboxylic acids is 1. The van der Waals surface area contributed by atoms with Crippen LogP contribution in [-0.2, 0) is 13.5 Å². The van der Waals surface area contributed by atoms with Gasteiger partial charge in [0.25, 0.3) is 5.91 Å². The summed E-state index contributed by atoms with van der Waals surface area (Å²) in [5.74, 6) is -0.0369. The minimum atomic E-state index is -0.0369. The summed E-state index contributed by atoms with van der Waals surface area (Å²) in [7, 11) is 3.60. The number of nitrogens with zero attached hydrogens (tertiary/aromatic N) is 1. The first kappa shape index (κ1) is 11.7. The van der Waals surface area contributed by atoms with Crippen molar-refractivity contribution < 1.29 is 4.79 Å². The number of aromatic nitrogens is 1. The fourth-order valence-corrected chi connectivity index (χ4v) is 2.37. The highest BCUT2D eigenvalue weighted by atomic mass is 16.1. The molecule has 0 unspecified atom stereocenters. The molecular formula is C14H18N2O. The summed E-state index contributed by atoms with van der Waals surface area (Å²) in [6.07, 6.45) is 0.980. The maximum atomic E-state index is 11.8. The smallest absolute Gasteiger partial charge is 0.267 e. The zero-order chi connectivity index (χ0) is 12.6. The molecule has 0 aliphatic heterocycles. The van der Waals surface area contributed by atoms with E-state index < -0.39 is 0 Å². The Kier molecular flexibility index (Phi) is 2.92. The number of amides is 1. The number of rotatable bonds is 2. The second kappa shape index (κ2) is 4.24. The molecule has 1 N–H and O–H groups in total. The Bertz CT molecular complexity index is 581. The van der Waals surface area contributed by atoms with E-state index in [4.69, 9.17) is 0 Å². The van der Waals surface area contributed by atoms with Gasteiger partial charge in [-0.2, -0.15) is 0 Å². The molecule has 1 aromatic heterocycles. The Morgan fingerprint density at radius 1 is 1.41 bits per heavy atom. The van der Waals surface area contributed by atoms with Gasteiger partial charge < -0.3 is 9.88 Å². The van der Waals surface area contributed by atoms with Crippen molar-refractivity contribution in [1.82, 2.24) is 9.88 Å². The summed E-state index contributed by atoms with van der Waals surface area (Å²) in [5.41, 5.74) is 4.36. The third-order valence-electron chi connectivity index (χ3n) is 3.33. The van der Waals surface area contributed by atoms with E-state index in [2.05, 4.69) is 31.3 Å². The van der Waals surface area contributed by atoms with E-state index in [0.29, 0.717) is 5.69 Å². The summed E-state index contributed by atoms with van der Waals surface area (Å²) < 4.78 is 1.97. The van der Waals surface area contributed by atoms with Gasteiger partial charge in [0.1, 0.15) is 5.69 Å². The Balaban J connectivity index is 2.80. The maximum Gasteiger partial charge on any atom is 0.267 e. The van der Waals surface area contributed by atoms with Crippen molar-refractivity contribution in [2.24, 2.45) is 7.05 Å². The molecule has 0 radical (unpaired) electrons. The average molecular weight is 230 g/mol. The highest BCUT2D eigenvalue weighted by Crippen LogP contribution is 2.26. The lowest BCUT2D eigenvalue weighted by molar-refractivity contribution is 0.0955. The van der Waals surface area contributed by atoms with Crippen LogP contribution < -0.4 is 5.32 Å². The number of fused-ring (bicyclic) bond motifs is 1. The molecule has 0 atom stereocenters. The lowest BCUT2D eigenvalue weighted by atomic mass is 10.0. The van der Waals surface area contributed by atoms with Gasteiger partial charge in [-0.05, 0) is 30.5 Å². The molecule has 90 valence electrons. The van der Waals surface area contributed by atoms with Gasteiger partial charge in [-0.15, -0.1) is 0 Å². The fraction of sp³-hybridized carbons (Fsp3) is 0.357. The summed E-state index contributed by atoms with van der Waals surface area (Å²) >= 11 is 0. The predicted octanol–water partition coefficient (Wildman–Crippen LogP) is 2.41. The van der Waals surface area contributed by atoms with E-state index >= 15 is 0 Å². The molecule has 1 amide bonds. The van der Waals surface area contributed by atoms with Crippen molar-refractivity contribution >= 4 is 16.8 Å². The number of nitrogens with one attached hydrogen (secondary N) is 1. The summed E-state index contributed by atoms with van der Waals surface area (Å²) in [4.78, 5) is 11.8. The van der Waals surface area contributed by atoms with E-state index in [1.807, 2.05) is 17.7 Å². The number of hydrogen-bond acceptors (Lipinski definition) is 1. The van der Waals surface area contributed by atoms with Crippen LogP contribution in [0.4, 0.5) is 0 Å². The summed E-state index contributed by atoms with van der Waals surface area (Å²) in [5, 5.41) is 3.87. The Hall–Kier alpha value is -1.77. The van der Waals surface area contributed by atoms with Crippen molar-refractivity contribution in [3.05, 3.63) is 35.0 Å². The molecule has 3 heteroatoms. The van der Waals surface area contributed by atoms with E-state index in [0.717, 1.165) is 11.9 Å². The Morgan fingerprint density at radius 3 is 2.71 bits per heavy atom. The quantitative estimate of drug-likeness (QED) is 0.844. The Labute approximate surface area is 101 Å². The topological polar surface area (TPSA) is 34.0 Å². The SMILES string of the molecule is CCc1ccc(C)c2c1cc(C(=O)NC)n2C. The van der Waals surface area contributed by atoms with Crippen molar-refractivity contribution in [2.45, 2.75) is 20.3 Å². The van der Waals surface area contributed by atoms with Crippen LogP contribution in [0, 0.1) is 6.92 Å². The lowest BCUT2D eigenvalue weighted by Crippen LogP contribution is -2.20. The lowest BCUT2D eigenvalue weighted by Gasteiger charge is -2.06. The molecule has 2 rings (SSSR count). The third-order valence-corrected chi connectivity index (χ3v) is 3.33. The van der Waals surface area contributed by atoms with Gasteiger partial charge in [0, 0.05) is 19.5 Å². The standard InChI is InChI=1S/C14H18N2O/c1-5-10-7-6-9(2)13-11(10)8-12(16(13)4)14(17)15-3/h6-8H,5H2,1-4H3,(H,15,17). The van der Waals surface area contributed by atoms with Crippen LogP contribution in [0.2, 0.25) is 0 Å². The van der Waals surface area contributed by atoms with Crippen LogP contribution in [0.15, 0.2) is 18.2 Å². The van der Waals surface area contributed by atoms with Gasteiger partial charge in [0.2, 0.25) is 0 Å². The predicted molar refractivity (Wildman–Crippen MR) is 70.4 cm³/mol. The molecule has 0 saturated carbocycles. The van der Waals surface area contributed by atoms with E-state index in [1.165, 1.54) is 16.5 Å². The van der Waals surface area contributed by atoms with E-state index in [-0.39, 0.29) is 5.91 Å². The summed E-state index contributed by atoms with van der Waals surface area (Å²) in [6, 6.07) is 6.25. The average Bonchev–Trinajstić information content (AvgIpc) is 2.68. The minimum absolute atomic E-state index is 0.0369. The highest BCUT2D eigenvalue weighted by molar-refractivity contribution is 6.00. The van der Waals surface area contributed by atoms with Gasteiger partial charge in [-0.3, -0.25) is 4.79 Å². The zero-order valence-electron chi connectivity index (χ0n) is 10.8. The number of aryl methyl sites for hydroxylation is 3. The second-order valence-electron chi connectivity index (χ2n) is 4.33. The monoisotopic (exact) mass is 230 g/mol.